The Morgan fingerprint density at radius 3 is 2.50 bits per heavy atom. The first-order valence-electron chi connectivity index (χ1n) is 5.05. The van der Waals surface area contributed by atoms with Gasteiger partial charge in [-0.2, -0.15) is 0 Å². The number of alkyl halides is 1. The van der Waals surface area contributed by atoms with E-state index in [4.69, 9.17) is 34.8 Å². The van der Waals surface area contributed by atoms with E-state index in [1.54, 1.807) is 6.92 Å². The molecule has 0 saturated heterocycles. The highest BCUT2D eigenvalue weighted by atomic mass is 35.5. The molecule has 1 unspecified atom stereocenters. The van der Waals surface area contributed by atoms with Gasteiger partial charge >= 0.3 is 0 Å². The van der Waals surface area contributed by atoms with Crippen LogP contribution in [-0.4, -0.2) is 20.3 Å². The van der Waals surface area contributed by atoms with Gasteiger partial charge in [0.15, 0.2) is 5.82 Å². The molecule has 3 nitrogen and oxygen atoms in total. The zero-order chi connectivity index (χ0) is 13.9. The van der Waals surface area contributed by atoms with Gasteiger partial charge in [-0.15, -0.1) is 11.6 Å². The van der Waals surface area contributed by atoms with Crippen molar-refractivity contribution in [3.8, 4) is 0 Å². The molecule has 1 atom stereocenters. The van der Waals surface area contributed by atoms with Crippen LogP contribution in [0.4, 0.5) is 4.39 Å². The fraction of sp³-hybridized carbons (Fsp3) is 0.400. The lowest BCUT2D eigenvalue weighted by atomic mass is 10.3. The van der Waals surface area contributed by atoms with Crippen molar-refractivity contribution >= 4 is 44.8 Å². The molecule has 1 aromatic carbocycles. The van der Waals surface area contributed by atoms with Gasteiger partial charge < -0.3 is 0 Å². The highest BCUT2D eigenvalue weighted by Gasteiger charge is 2.24. The van der Waals surface area contributed by atoms with Crippen molar-refractivity contribution in [2.24, 2.45) is 0 Å². The molecule has 0 aliphatic rings. The summed E-state index contributed by atoms with van der Waals surface area (Å²) in [6.07, 6.45) is 0.510. The molecule has 0 radical (unpaired) electrons. The Labute approximate surface area is 120 Å². The largest absolute Gasteiger partial charge is 0.242 e. The topological polar surface area (TPSA) is 46.2 Å². The summed E-state index contributed by atoms with van der Waals surface area (Å²) in [6, 6.07) is 1.85. The van der Waals surface area contributed by atoms with Crippen LogP contribution in [0.3, 0.4) is 0 Å². The first kappa shape index (κ1) is 16.0. The monoisotopic (exact) mass is 333 g/mol. The summed E-state index contributed by atoms with van der Waals surface area (Å²) in [4.78, 5) is -0.352. The Balaban J connectivity index is 3.17. The minimum absolute atomic E-state index is 0.115. The Kier molecular flexibility index (Phi) is 5.67. The summed E-state index contributed by atoms with van der Waals surface area (Å²) in [6.45, 7) is 1.78. The van der Waals surface area contributed by atoms with E-state index < -0.39 is 26.9 Å². The first-order valence-corrected chi connectivity index (χ1v) is 7.82. The minimum atomic E-state index is -3.92. The van der Waals surface area contributed by atoms with E-state index in [2.05, 4.69) is 4.72 Å². The Morgan fingerprint density at radius 2 is 2.00 bits per heavy atom. The van der Waals surface area contributed by atoms with Gasteiger partial charge in [0.05, 0.1) is 10.0 Å². The van der Waals surface area contributed by atoms with E-state index in [0.717, 1.165) is 12.1 Å². The molecule has 0 aliphatic carbocycles. The Bertz CT molecular complexity index is 532. The quantitative estimate of drug-likeness (QED) is 0.662. The third-order valence-corrected chi connectivity index (χ3v) is 5.00. The van der Waals surface area contributed by atoms with E-state index in [0.29, 0.717) is 6.42 Å². The fourth-order valence-electron chi connectivity index (χ4n) is 1.22. The van der Waals surface area contributed by atoms with Crippen LogP contribution in [0, 0.1) is 5.82 Å². The van der Waals surface area contributed by atoms with E-state index in [1.165, 1.54) is 0 Å². The molecule has 8 heteroatoms. The van der Waals surface area contributed by atoms with Crippen LogP contribution >= 0.6 is 34.8 Å². The highest BCUT2D eigenvalue weighted by Crippen LogP contribution is 2.29. The molecule has 0 aromatic heterocycles. The molecule has 0 heterocycles. The number of hydrogen-bond donors (Lipinski definition) is 1. The average molecular weight is 335 g/mol. The molecule has 0 spiro atoms. The predicted molar refractivity (Wildman–Crippen MR) is 71.5 cm³/mol. The van der Waals surface area contributed by atoms with Crippen molar-refractivity contribution in [1.29, 1.82) is 0 Å². The van der Waals surface area contributed by atoms with Crippen LogP contribution in [0.15, 0.2) is 17.0 Å². The minimum Gasteiger partial charge on any atom is -0.207 e. The summed E-state index contributed by atoms with van der Waals surface area (Å²) in [5, 5.41) is -0.761. The van der Waals surface area contributed by atoms with Crippen molar-refractivity contribution in [3.05, 3.63) is 28.0 Å². The van der Waals surface area contributed by atoms with Gasteiger partial charge in [-0.25, -0.2) is 17.5 Å². The lowest BCUT2D eigenvalue weighted by Crippen LogP contribution is -2.35. The summed E-state index contributed by atoms with van der Waals surface area (Å²) < 4.78 is 39.7. The SMILES string of the molecule is CCC(CCl)NS(=O)(=O)c1ccc(Cl)c(F)c1Cl. The second-order valence-corrected chi connectivity index (χ2v) is 6.33. The van der Waals surface area contributed by atoms with Crippen LogP contribution in [0.5, 0.6) is 0 Å². The van der Waals surface area contributed by atoms with Gasteiger partial charge in [-0.1, -0.05) is 30.1 Å². The Hall–Kier alpha value is -0.0700. The molecule has 0 bridgehead atoms. The summed E-state index contributed by atoms with van der Waals surface area (Å²) >= 11 is 16.7. The molecule has 0 fully saturated rings. The molecule has 18 heavy (non-hydrogen) atoms. The van der Waals surface area contributed by atoms with Crippen LogP contribution in [0.1, 0.15) is 13.3 Å². The van der Waals surface area contributed by atoms with E-state index in [-0.39, 0.29) is 15.8 Å². The first-order chi connectivity index (χ1) is 8.33. The van der Waals surface area contributed by atoms with Gasteiger partial charge in [-0.3, -0.25) is 0 Å². The second-order valence-electron chi connectivity index (χ2n) is 3.55. The van der Waals surface area contributed by atoms with Crippen molar-refractivity contribution in [3.63, 3.8) is 0 Å². The van der Waals surface area contributed by atoms with Gasteiger partial charge in [0.1, 0.15) is 4.90 Å². The molecule has 1 rings (SSSR count). The lowest BCUT2D eigenvalue weighted by Gasteiger charge is -2.15. The highest BCUT2D eigenvalue weighted by molar-refractivity contribution is 7.89. The molecule has 1 N–H and O–H groups in total. The molecule has 0 aliphatic heterocycles. The van der Waals surface area contributed by atoms with Crippen LogP contribution < -0.4 is 4.72 Å². The van der Waals surface area contributed by atoms with Crippen molar-refractivity contribution in [2.45, 2.75) is 24.3 Å². The molecule has 0 amide bonds. The molecular formula is C10H11Cl3FNO2S. The van der Waals surface area contributed by atoms with Gasteiger partial charge in [0, 0.05) is 11.9 Å². The van der Waals surface area contributed by atoms with Crippen molar-refractivity contribution in [2.75, 3.05) is 5.88 Å². The third-order valence-electron chi connectivity index (χ3n) is 2.29. The molecule has 102 valence electrons. The molecular weight excluding hydrogens is 324 g/mol. The summed E-state index contributed by atoms with van der Waals surface area (Å²) in [7, 11) is -3.92. The van der Waals surface area contributed by atoms with Gasteiger partial charge in [-0.05, 0) is 18.6 Å². The summed E-state index contributed by atoms with van der Waals surface area (Å²) in [5.41, 5.74) is 0. The standard InChI is InChI=1S/C10H11Cl3FNO2S/c1-2-6(5-11)15-18(16,17)8-4-3-7(12)10(14)9(8)13/h3-4,6,15H,2,5H2,1H3. The predicted octanol–water partition coefficient (Wildman–Crippen LogP) is 3.43. The third kappa shape index (κ3) is 3.48. The van der Waals surface area contributed by atoms with Crippen molar-refractivity contribution < 1.29 is 12.8 Å². The fourth-order valence-corrected chi connectivity index (χ4v) is 3.67. The molecule has 0 saturated carbocycles. The maximum Gasteiger partial charge on any atom is 0.242 e. The van der Waals surface area contributed by atoms with E-state index in [9.17, 15) is 12.8 Å². The molecule has 1 aromatic rings. The average Bonchev–Trinajstić information content (AvgIpc) is 2.32. The maximum absolute atomic E-state index is 13.4. The van der Waals surface area contributed by atoms with Crippen LogP contribution in [0.25, 0.3) is 0 Å². The van der Waals surface area contributed by atoms with Crippen LogP contribution in [-0.2, 0) is 10.0 Å². The number of nitrogens with one attached hydrogen (secondary N) is 1. The Morgan fingerprint density at radius 1 is 1.39 bits per heavy atom. The van der Waals surface area contributed by atoms with Gasteiger partial charge in [0.25, 0.3) is 0 Å². The number of rotatable bonds is 5. The second kappa shape index (κ2) is 6.39. The van der Waals surface area contributed by atoms with Crippen molar-refractivity contribution in [1.82, 2.24) is 4.72 Å². The maximum atomic E-state index is 13.4. The van der Waals surface area contributed by atoms with E-state index in [1.807, 2.05) is 0 Å². The summed E-state index contributed by atoms with van der Waals surface area (Å²) in [5.74, 6) is -0.844. The number of hydrogen-bond acceptors (Lipinski definition) is 2. The smallest absolute Gasteiger partial charge is 0.207 e. The zero-order valence-electron chi connectivity index (χ0n) is 9.38. The zero-order valence-corrected chi connectivity index (χ0v) is 12.5. The van der Waals surface area contributed by atoms with Crippen LogP contribution in [0.2, 0.25) is 10.0 Å². The van der Waals surface area contributed by atoms with E-state index >= 15 is 0 Å². The number of halogens is 4. The normalized spacial score (nSPS) is 13.6. The van der Waals surface area contributed by atoms with Gasteiger partial charge in [0.2, 0.25) is 10.0 Å². The lowest BCUT2D eigenvalue weighted by molar-refractivity contribution is 0.555. The number of benzene rings is 1. The number of sulfonamides is 1.